The van der Waals surface area contributed by atoms with Gasteiger partial charge in [0, 0.05) is 18.7 Å². The van der Waals surface area contributed by atoms with Crippen LogP contribution in [0.3, 0.4) is 0 Å². The summed E-state index contributed by atoms with van der Waals surface area (Å²) in [6, 6.07) is 17.0. The van der Waals surface area contributed by atoms with Crippen molar-refractivity contribution in [2.75, 3.05) is 24.1 Å². The molecule has 0 radical (unpaired) electrons. The molecule has 3 aromatic carbocycles. The molecule has 41 heavy (non-hydrogen) atoms. The summed E-state index contributed by atoms with van der Waals surface area (Å²) < 4.78 is 53.8. The second-order valence-corrected chi connectivity index (χ2v) is 11.8. The van der Waals surface area contributed by atoms with E-state index in [0.29, 0.717) is 30.3 Å². The molecule has 1 atom stereocenters. The molecule has 0 spiro atoms. The van der Waals surface area contributed by atoms with E-state index in [1.807, 2.05) is 13.8 Å². The number of carbonyl (C=O) groups excluding carboxylic acids is 2. The van der Waals surface area contributed by atoms with Gasteiger partial charge in [-0.1, -0.05) is 37.3 Å². The highest BCUT2D eigenvalue weighted by Gasteiger charge is 2.34. The zero-order valence-corrected chi connectivity index (χ0v) is 24.1. The third kappa shape index (κ3) is 7.15. The van der Waals surface area contributed by atoms with Gasteiger partial charge in [-0.2, -0.15) is 0 Å². The fourth-order valence-electron chi connectivity index (χ4n) is 4.52. The molecule has 0 bridgehead atoms. The molecule has 2 amide bonds. The summed E-state index contributed by atoms with van der Waals surface area (Å²) in [7, 11) is -4.22. The minimum Gasteiger partial charge on any atom is -0.486 e. The van der Waals surface area contributed by atoms with Gasteiger partial charge in [0.15, 0.2) is 11.5 Å². The number of rotatable bonds is 11. The van der Waals surface area contributed by atoms with Gasteiger partial charge < -0.3 is 19.7 Å². The van der Waals surface area contributed by atoms with E-state index in [-0.39, 0.29) is 35.5 Å². The summed E-state index contributed by atoms with van der Waals surface area (Å²) in [4.78, 5) is 28.6. The van der Waals surface area contributed by atoms with Gasteiger partial charge in [0.1, 0.15) is 31.6 Å². The maximum Gasteiger partial charge on any atom is 0.264 e. The molecule has 1 aliphatic rings. The van der Waals surface area contributed by atoms with Gasteiger partial charge >= 0.3 is 0 Å². The quantitative estimate of drug-likeness (QED) is 0.364. The van der Waals surface area contributed by atoms with Crippen molar-refractivity contribution in [3.63, 3.8) is 0 Å². The summed E-state index contributed by atoms with van der Waals surface area (Å²) >= 11 is 0. The summed E-state index contributed by atoms with van der Waals surface area (Å²) in [6.45, 7) is 5.45. The number of halogens is 1. The highest BCUT2D eigenvalue weighted by Crippen LogP contribution is 2.36. The maximum atomic E-state index is 14.1. The number of benzene rings is 3. The first-order valence-corrected chi connectivity index (χ1v) is 14.9. The molecule has 9 nitrogen and oxygen atoms in total. The molecule has 4 rings (SSSR count). The SMILES string of the molecule is CC[C@H](C(=O)NC(C)C)N(Cc1ccc(F)cc1)C(=O)CN(c1ccc2c(c1)OCCO2)S(=O)(=O)c1ccccc1. The fraction of sp³-hybridized carbons (Fsp3) is 0.333. The number of anilines is 1. The summed E-state index contributed by atoms with van der Waals surface area (Å²) in [5.74, 6) is -0.572. The molecule has 0 saturated heterocycles. The van der Waals surface area contributed by atoms with Crippen LogP contribution in [0.1, 0.15) is 32.8 Å². The van der Waals surface area contributed by atoms with Crippen LogP contribution < -0.4 is 19.1 Å². The predicted molar refractivity (Wildman–Crippen MR) is 153 cm³/mol. The molecule has 11 heteroatoms. The van der Waals surface area contributed by atoms with E-state index in [9.17, 15) is 22.4 Å². The molecule has 1 N–H and O–H groups in total. The van der Waals surface area contributed by atoms with E-state index in [2.05, 4.69) is 5.32 Å². The second-order valence-electron chi connectivity index (χ2n) is 9.89. The molecular weight excluding hydrogens is 549 g/mol. The third-order valence-corrected chi connectivity index (χ3v) is 8.29. The topological polar surface area (TPSA) is 105 Å². The van der Waals surface area contributed by atoms with Crippen molar-refractivity contribution in [1.82, 2.24) is 10.2 Å². The predicted octanol–water partition coefficient (Wildman–Crippen LogP) is 4.12. The van der Waals surface area contributed by atoms with Gasteiger partial charge in [-0.05, 0) is 62.2 Å². The van der Waals surface area contributed by atoms with Crippen molar-refractivity contribution in [2.45, 2.75) is 50.7 Å². The van der Waals surface area contributed by atoms with Crippen LogP contribution in [0.2, 0.25) is 0 Å². The normalized spacial score (nSPS) is 13.4. The fourth-order valence-corrected chi connectivity index (χ4v) is 5.95. The van der Waals surface area contributed by atoms with Gasteiger partial charge in [0.2, 0.25) is 11.8 Å². The van der Waals surface area contributed by atoms with Crippen LogP contribution in [0.5, 0.6) is 11.5 Å². The van der Waals surface area contributed by atoms with Crippen molar-refractivity contribution in [2.24, 2.45) is 0 Å². The van der Waals surface area contributed by atoms with E-state index in [4.69, 9.17) is 9.47 Å². The van der Waals surface area contributed by atoms with Crippen molar-refractivity contribution >= 4 is 27.5 Å². The Morgan fingerprint density at radius 3 is 2.24 bits per heavy atom. The molecule has 1 aliphatic heterocycles. The smallest absolute Gasteiger partial charge is 0.264 e. The molecule has 1 heterocycles. The number of ether oxygens (including phenoxy) is 2. The molecule has 0 aliphatic carbocycles. The number of sulfonamides is 1. The first kappa shape index (κ1) is 29.9. The highest BCUT2D eigenvalue weighted by molar-refractivity contribution is 7.92. The lowest BCUT2D eigenvalue weighted by molar-refractivity contribution is -0.140. The number of amides is 2. The first-order valence-electron chi connectivity index (χ1n) is 13.4. The van der Waals surface area contributed by atoms with Crippen LogP contribution in [0.4, 0.5) is 10.1 Å². The van der Waals surface area contributed by atoms with Gasteiger partial charge in [-0.25, -0.2) is 12.8 Å². The van der Waals surface area contributed by atoms with Crippen LogP contribution >= 0.6 is 0 Å². The Morgan fingerprint density at radius 2 is 1.61 bits per heavy atom. The number of fused-ring (bicyclic) bond motifs is 1. The number of hydrogen-bond acceptors (Lipinski definition) is 6. The average Bonchev–Trinajstić information content (AvgIpc) is 2.96. The van der Waals surface area contributed by atoms with E-state index < -0.39 is 34.3 Å². The molecule has 3 aromatic rings. The van der Waals surface area contributed by atoms with Crippen molar-refractivity contribution < 1.29 is 31.9 Å². The Kier molecular flexibility index (Phi) is 9.49. The largest absolute Gasteiger partial charge is 0.486 e. The standard InChI is InChI=1S/C30H34FN3O6S/c1-4-26(30(36)32-21(2)3)33(19-22-10-12-23(31)13-11-22)29(35)20-34(41(37,38)25-8-6-5-7-9-25)24-14-15-27-28(18-24)40-17-16-39-27/h5-15,18,21,26H,4,16-17,19-20H2,1-3H3,(H,32,36)/t26-/m1/s1. The maximum absolute atomic E-state index is 14.1. The van der Waals surface area contributed by atoms with Crippen LogP contribution in [0.25, 0.3) is 0 Å². The Morgan fingerprint density at radius 1 is 0.951 bits per heavy atom. The zero-order chi connectivity index (χ0) is 29.6. The molecule has 0 saturated carbocycles. The van der Waals surface area contributed by atoms with E-state index in [1.165, 1.54) is 47.4 Å². The Bertz CT molecular complexity index is 1470. The van der Waals surface area contributed by atoms with Gasteiger partial charge in [-0.15, -0.1) is 0 Å². The van der Waals surface area contributed by atoms with Crippen LogP contribution in [-0.4, -0.2) is 57.0 Å². The molecule has 218 valence electrons. The summed E-state index contributed by atoms with van der Waals surface area (Å²) in [5.41, 5.74) is 0.792. The number of carbonyl (C=O) groups is 2. The number of nitrogens with one attached hydrogen (secondary N) is 1. The molecule has 0 unspecified atom stereocenters. The van der Waals surface area contributed by atoms with Gasteiger partial charge in [0.05, 0.1) is 10.6 Å². The zero-order valence-electron chi connectivity index (χ0n) is 23.2. The Labute approximate surface area is 239 Å². The highest BCUT2D eigenvalue weighted by atomic mass is 32.2. The van der Waals surface area contributed by atoms with Crippen LogP contribution in [0, 0.1) is 5.82 Å². The van der Waals surface area contributed by atoms with Gasteiger partial charge in [0.25, 0.3) is 10.0 Å². The van der Waals surface area contributed by atoms with Crippen molar-refractivity contribution in [3.8, 4) is 11.5 Å². The minimum atomic E-state index is -4.22. The first-order chi connectivity index (χ1) is 19.6. The van der Waals surface area contributed by atoms with Crippen LogP contribution in [0.15, 0.2) is 77.7 Å². The average molecular weight is 584 g/mol. The second kappa shape index (κ2) is 13.0. The van der Waals surface area contributed by atoms with Crippen molar-refractivity contribution in [1.29, 1.82) is 0 Å². The number of nitrogens with zero attached hydrogens (tertiary/aromatic N) is 2. The molecule has 0 aromatic heterocycles. The van der Waals surface area contributed by atoms with E-state index in [1.54, 1.807) is 37.3 Å². The van der Waals surface area contributed by atoms with E-state index >= 15 is 0 Å². The van der Waals surface area contributed by atoms with Gasteiger partial charge in [-0.3, -0.25) is 13.9 Å². The Balaban J connectivity index is 1.75. The summed E-state index contributed by atoms with van der Waals surface area (Å²) in [6.07, 6.45) is 0.279. The van der Waals surface area contributed by atoms with Crippen molar-refractivity contribution in [3.05, 3.63) is 84.2 Å². The monoisotopic (exact) mass is 583 g/mol. The lowest BCUT2D eigenvalue weighted by atomic mass is 10.1. The third-order valence-electron chi connectivity index (χ3n) is 6.51. The lowest BCUT2D eigenvalue weighted by Gasteiger charge is -2.33. The Hall–Kier alpha value is -4.12. The summed E-state index contributed by atoms with van der Waals surface area (Å²) in [5, 5.41) is 2.84. The molecular formula is C30H34FN3O6S. The molecule has 0 fully saturated rings. The lowest BCUT2D eigenvalue weighted by Crippen LogP contribution is -2.53. The minimum absolute atomic E-state index is 0.00244. The van der Waals surface area contributed by atoms with Crippen LogP contribution in [-0.2, 0) is 26.2 Å². The van der Waals surface area contributed by atoms with E-state index in [0.717, 1.165) is 4.31 Å². The number of hydrogen-bond donors (Lipinski definition) is 1.